The van der Waals surface area contributed by atoms with E-state index >= 15 is 0 Å². The van der Waals surface area contributed by atoms with Crippen LogP contribution in [0, 0.1) is 6.92 Å². The molecule has 0 spiro atoms. The summed E-state index contributed by atoms with van der Waals surface area (Å²) in [6.45, 7) is 2.01. The number of fused-ring (bicyclic) bond motifs is 1. The molecule has 0 radical (unpaired) electrons. The van der Waals surface area contributed by atoms with E-state index in [-0.39, 0.29) is 5.91 Å². The lowest BCUT2D eigenvalue weighted by Gasteiger charge is -1.99. The smallest absolute Gasteiger partial charge is 0.252 e. The van der Waals surface area contributed by atoms with Crippen molar-refractivity contribution in [2.75, 3.05) is 7.05 Å². The fourth-order valence-electron chi connectivity index (χ4n) is 1.49. The Morgan fingerprint density at radius 1 is 1.60 bits per heavy atom. The van der Waals surface area contributed by atoms with Gasteiger partial charge in [0.2, 0.25) is 0 Å². The summed E-state index contributed by atoms with van der Waals surface area (Å²) in [5, 5.41) is 3.60. The van der Waals surface area contributed by atoms with Gasteiger partial charge in [-0.15, -0.1) is 0 Å². The summed E-state index contributed by atoms with van der Waals surface area (Å²) in [6.07, 6.45) is 3.58. The van der Waals surface area contributed by atoms with Crippen molar-refractivity contribution in [1.29, 1.82) is 0 Å². The minimum Gasteiger partial charge on any atom is -0.355 e. The summed E-state index contributed by atoms with van der Waals surface area (Å²) in [7, 11) is 1.61. The van der Waals surface area contributed by atoms with Gasteiger partial charge in [0.25, 0.3) is 5.91 Å². The van der Waals surface area contributed by atoms with Crippen molar-refractivity contribution < 1.29 is 4.79 Å². The number of carbonyl (C=O) groups is 1. The Morgan fingerprint density at radius 3 is 3.00 bits per heavy atom. The van der Waals surface area contributed by atoms with Crippen molar-refractivity contribution in [2.45, 2.75) is 6.92 Å². The van der Waals surface area contributed by atoms with Crippen molar-refractivity contribution in [2.24, 2.45) is 0 Å². The number of carbonyl (C=O) groups excluding carboxylic acids is 1. The number of halogens is 1. The molecule has 0 saturated heterocycles. The lowest BCUT2D eigenvalue weighted by Crippen LogP contribution is -2.17. The molecule has 2 heterocycles. The molecule has 0 saturated carbocycles. The zero-order valence-electron chi connectivity index (χ0n) is 8.41. The Labute approximate surface area is 101 Å². The molecule has 2 aromatic heterocycles. The average molecular weight is 315 g/mol. The largest absolute Gasteiger partial charge is 0.355 e. The highest BCUT2D eigenvalue weighted by molar-refractivity contribution is 14.1. The van der Waals surface area contributed by atoms with Crippen LogP contribution >= 0.6 is 22.9 Å². The van der Waals surface area contributed by atoms with E-state index in [9.17, 15) is 4.79 Å². The molecule has 1 N–H and O–H groups in total. The van der Waals surface area contributed by atoms with Crippen molar-refractivity contribution >= 4 is 39.8 Å². The molecular formula is C10H10IN3O. The predicted octanol–water partition coefficient (Wildman–Crippen LogP) is 1.90. The Hall–Kier alpha value is -1.11. The zero-order chi connectivity index (χ0) is 11.0. The second-order valence-corrected chi connectivity index (χ2v) is 4.34. The van der Waals surface area contributed by atoms with E-state index in [1.54, 1.807) is 13.2 Å². The van der Waals surface area contributed by atoms with E-state index in [1.165, 1.54) is 0 Å². The highest BCUT2D eigenvalue weighted by Crippen LogP contribution is 2.21. The first kappa shape index (κ1) is 10.4. The van der Waals surface area contributed by atoms with Gasteiger partial charge < -0.3 is 5.32 Å². The lowest BCUT2D eigenvalue weighted by molar-refractivity contribution is 0.0963. The van der Waals surface area contributed by atoms with Gasteiger partial charge in [-0.25, -0.2) is 4.98 Å². The third-order valence-electron chi connectivity index (χ3n) is 2.29. The number of rotatable bonds is 1. The van der Waals surface area contributed by atoms with Crippen LogP contribution in [0.5, 0.6) is 0 Å². The summed E-state index contributed by atoms with van der Waals surface area (Å²) in [4.78, 5) is 15.7. The topological polar surface area (TPSA) is 46.9 Å². The first-order valence-corrected chi connectivity index (χ1v) is 5.46. The van der Waals surface area contributed by atoms with Crippen molar-refractivity contribution in [3.63, 3.8) is 0 Å². The van der Waals surface area contributed by atoms with Gasteiger partial charge >= 0.3 is 0 Å². The maximum Gasteiger partial charge on any atom is 0.252 e. The second kappa shape index (κ2) is 3.80. The van der Waals surface area contributed by atoms with Crippen LogP contribution in [-0.4, -0.2) is 20.7 Å². The van der Waals surface area contributed by atoms with Gasteiger partial charge in [0.15, 0.2) is 0 Å². The number of amides is 1. The Balaban J connectivity index is 2.65. The molecule has 4 nitrogen and oxygen atoms in total. The van der Waals surface area contributed by atoms with E-state index in [0.717, 1.165) is 16.6 Å². The third kappa shape index (κ3) is 1.71. The molecular weight excluding hydrogens is 305 g/mol. The van der Waals surface area contributed by atoms with Crippen LogP contribution in [0.3, 0.4) is 0 Å². The van der Waals surface area contributed by atoms with Gasteiger partial charge in [0.05, 0.1) is 28.4 Å². The van der Waals surface area contributed by atoms with Crippen molar-refractivity contribution in [3.05, 3.63) is 29.6 Å². The fourth-order valence-corrected chi connectivity index (χ4v) is 2.29. The van der Waals surface area contributed by atoms with Crippen LogP contribution in [0.2, 0.25) is 0 Å². The normalized spacial score (nSPS) is 10.6. The Bertz CT molecular complexity index is 533. The summed E-state index contributed by atoms with van der Waals surface area (Å²) in [5.41, 5.74) is 2.61. The number of nitrogens with zero attached hydrogens (tertiary/aromatic N) is 2. The first-order chi connectivity index (χ1) is 7.13. The van der Waals surface area contributed by atoms with E-state index in [0.29, 0.717) is 5.56 Å². The molecule has 15 heavy (non-hydrogen) atoms. The quantitative estimate of drug-likeness (QED) is 0.817. The number of nitrogens with one attached hydrogen (secondary N) is 1. The molecule has 0 unspecified atom stereocenters. The molecule has 0 bridgehead atoms. The van der Waals surface area contributed by atoms with Crippen LogP contribution < -0.4 is 5.32 Å². The van der Waals surface area contributed by atoms with Gasteiger partial charge in [-0.2, -0.15) is 0 Å². The highest BCUT2D eigenvalue weighted by Gasteiger charge is 2.09. The Morgan fingerprint density at radius 2 is 2.33 bits per heavy atom. The average Bonchev–Trinajstić information content (AvgIpc) is 2.53. The summed E-state index contributed by atoms with van der Waals surface area (Å²) in [6, 6.07) is 1.87. The molecule has 0 aliphatic rings. The Kier molecular flexibility index (Phi) is 2.64. The zero-order valence-corrected chi connectivity index (χ0v) is 10.6. The summed E-state index contributed by atoms with van der Waals surface area (Å²) in [5.74, 6) is -0.106. The van der Waals surface area contributed by atoms with Gasteiger partial charge in [0, 0.05) is 24.8 Å². The molecule has 5 heteroatoms. The van der Waals surface area contributed by atoms with Crippen LogP contribution in [-0.2, 0) is 0 Å². The van der Waals surface area contributed by atoms with E-state index in [2.05, 4.69) is 33.2 Å². The molecule has 2 aromatic rings. The SMILES string of the molecule is CNC(=O)c1cnc2c(c1)c(C)cn2I. The number of hydrogen-bond donors (Lipinski definition) is 1. The number of aryl methyl sites for hydroxylation is 1. The van der Waals surface area contributed by atoms with Gasteiger partial charge in [-0.05, 0) is 18.6 Å². The maximum absolute atomic E-state index is 11.4. The number of hydrogen-bond acceptors (Lipinski definition) is 2. The predicted molar refractivity (Wildman–Crippen MR) is 67.3 cm³/mol. The first-order valence-electron chi connectivity index (χ1n) is 4.49. The van der Waals surface area contributed by atoms with Crippen LogP contribution in [0.1, 0.15) is 15.9 Å². The number of pyridine rings is 1. The fraction of sp³-hybridized carbons (Fsp3) is 0.200. The second-order valence-electron chi connectivity index (χ2n) is 3.30. The molecule has 0 fully saturated rings. The van der Waals surface area contributed by atoms with Crippen LogP contribution in [0.25, 0.3) is 11.0 Å². The maximum atomic E-state index is 11.4. The van der Waals surface area contributed by atoms with E-state index in [4.69, 9.17) is 0 Å². The standard InChI is InChI=1S/C10H10IN3O/c1-6-5-14(11)9-8(6)3-7(4-13-9)10(15)12-2/h3-5H,1-2H3,(H,12,15). The minimum atomic E-state index is -0.106. The van der Waals surface area contributed by atoms with Crippen molar-refractivity contribution in [1.82, 2.24) is 13.1 Å². The van der Waals surface area contributed by atoms with Gasteiger partial charge in [0.1, 0.15) is 5.65 Å². The van der Waals surface area contributed by atoms with Gasteiger partial charge in [-0.1, -0.05) is 0 Å². The van der Waals surface area contributed by atoms with Crippen LogP contribution in [0.4, 0.5) is 0 Å². The van der Waals surface area contributed by atoms with Gasteiger partial charge in [-0.3, -0.25) is 7.58 Å². The minimum absolute atomic E-state index is 0.106. The molecule has 0 aromatic carbocycles. The van der Waals surface area contributed by atoms with E-state index < -0.39 is 0 Å². The van der Waals surface area contributed by atoms with E-state index in [1.807, 2.05) is 22.0 Å². The molecule has 78 valence electrons. The van der Waals surface area contributed by atoms with Crippen molar-refractivity contribution in [3.8, 4) is 0 Å². The highest BCUT2D eigenvalue weighted by atomic mass is 127. The third-order valence-corrected chi connectivity index (χ3v) is 3.03. The monoisotopic (exact) mass is 315 g/mol. The molecule has 1 amide bonds. The molecule has 0 aliphatic heterocycles. The summed E-state index contributed by atoms with van der Waals surface area (Å²) >= 11 is 2.17. The summed E-state index contributed by atoms with van der Waals surface area (Å²) < 4.78 is 1.93. The molecule has 0 aliphatic carbocycles. The molecule has 2 rings (SSSR count). The molecule has 0 atom stereocenters. The lowest BCUT2D eigenvalue weighted by atomic mass is 10.2. The number of aromatic nitrogens is 2. The van der Waals surface area contributed by atoms with Crippen LogP contribution in [0.15, 0.2) is 18.5 Å².